The number of quaternary nitrogens is 1. The van der Waals surface area contributed by atoms with E-state index in [1.165, 1.54) is 19.4 Å². The quantitative estimate of drug-likeness (QED) is 0.340. The smallest absolute Gasteiger partial charge is 0.251 e. The predicted octanol–water partition coefficient (Wildman–Crippen LogP) is 6.09. The van der Waals surface area contributed by atoms with E-state index in [1.807, 2.05) is 36.4 Å². The lowest BCUT2D eigenvalue weighted by molar-refractivity contribution is -0.945. The number of methoxy groups -OCH3 is 1. The summed E-state index contributed by atoms with van der Waals surface area (Å²) < 4.78 is 6.67. The molecule has 5 nitrogen and oxygen atoms in total. The van der Waals surface area contributed by atoms with Crippen LogP contribution in [-0.4, -0.2) is 60.4 Å². The second kappa shape index (κ2) is 10.5. The highest BCUT2D eigenvalue weighted by molar-refractivity contribution is 5.98. The van der Waals surface area contributed by atoms with Crippen LogP contribution in [0.2, 0.25) is 0 Å². The fourth-order valence-corrected chi connectivity index (χ4v) is 8.18. The number of ether oxygens (including phenoxy) is 1. The first-order valence-electron chi connectivity index (χ1n) is 15.2. The number of fused-ring (bicyclic) bond motifs is 2. The fourth-order valence-electron chi connectivity index (χ4n) is 8.18. The molecule has 2 saturated carbocycles. The van der Waals surface area contributed by atoms with Gasteiger partial charge in [0, 0.05) is 35.3 Å². The SMILES string of the molecule is COc1cccc([C@]23CC[N@+](CC(C)C)(CC4CC4)CC2(O)CC[C@H](NC(=O)c2ccc4ccccc4c2)C3)c1. The molecule has 1 aliphatic heterocycles. The van der Waals surface area contributed by atoms with Gasteiger partial charge in [-0.3, -0.25) is 4.79 Å². The molecule has 1 amide bonds. The van der Waals surface area contributed by atoms with Crippen LogP contribution in [0.1, 0.15) is 68.3 Å². The molecule has 40 heavy (non-hydrogen) atoms. The molecule has 0 radical (unpaired) electrons. The number of rotatable bonds is 8. The van der Waals surface area contributed by atoms with E-state index < -0.39 is 11.0 Å². The van der Waals surface area contributed by atoms with Gasteiger partial charge in [-0.25, -0.2) is 0 Å². The van der Waals surface area contributed by atoms with Crippen molar-refractivity contribution in [3.63, 3.8) is 0 Å². The first-order chi connectivity index (χ1) is 19.2. The Balaban J connectivity index is 1.31. The lowest BCUT2D eigenvalue weighted by Gasteiger charge is -2.61. The number of hydrogen-bond acceptors (Lipinski definition) is 3. The molecule has 3 fully saturated rings. The Morgan fingerprint density at radius 1 is 1.02 bits per heavy atom. The number of nitrogens with one attached hydrogen (secondary N) is 1. The normalized spacial score (nSPS) is 30.2. The van der Waals surface area contributed by atoms with E-state index in [4.69, 9.17) is 4.74 Å². The number of benzene rings is 3. The summed E-state index contributed by atoms with van der Waals surface area (Å²) in [5, 5.41) is 18.3. The minimum Gasteiger partial charge on any atom is -0.497 e. The molecule has 0 spiro atoms. The Labute approximate surface area is 239 Å². The number of carbonyl (C=O) groups excluding carboxylic acids is 1. The predicted molar refractivity (Wildman–Crippen MR) is 161 cm³/mol. The Hall–Kier alpha value is -2.89. The maximum absolute atomic E-state index is 13.5. The summed E-state index contributed by atoms with van der Waals surface area (Å²) in [4.78, 5) is 13.5. The molecule has 2 aliphatic carbocycles. The van der Waals surface area contributed by atoms with E-state index in [2.05, 4.69) is 49.5 Å². The van der Waals surface area contributed by atoms with Gasteiger partial charge in [-0.1, -0.05) is 56.3 Å². The van der Waals surface area contributed by atoms with Crippen LogP contribution in [0.15, 0.2) is 66.7 Å². The van der Waals surface area contributed by atoms with Gasteiger partial charge in [0.05, 0.1) is 26.7 Å². The monoisotopic (exact) mass is 541 g/mol. The maximum Gasteiger partial charge on any atom is 0.251 e. The number of carbonyl (C=O) groups is 1. The summed E-state index contributed by atoms with van der Waals surface area (Å²) in [5.74, 6) is 2.19. The van der Waals surface area contributed by atoms with Crippen LogP contribution in [0.5, 0.6) is 5.75 Å². The Morgan fingerprint density at radius 2 is 1.82 bits per heavy atom. The number of piperidine rings is 1. The van der Waals surface area contributed by atoms with E-state index in [0.717, 1.165) is 71.4 Å². The molecule has 2 N–H and O–H groups in total. The van der Waals surface area contributed by atoms with Crippen LogP contribution < -0.4 is 10.1 Å². The Bertz CT molecular complexity index is 1380. The summed E-state index contributed by atoms with van der Waals surface area (Å²) in [7, 11) is 1.71. The summed E-state index contributed by atoms with van der Waals surface area (Å²) in [6.07, 6.45) is 5.79. The van der Waals surface area contributed by atoms with Crippen molar-refractivity contribution < 1.29 is 19.1 Å². The molecule has 3 aliphatic rings. The zero-order chi connectivity index (χ0) is 28.0. The van der Waals surface area contributed by atoms with E-state index in [0.29, 0.717) is 17.9 Å². The first kappa shape index (κ1) is 27.3. The zero-order valence-corrected chi connectivity index (χ0v) is 24.4. The highest BCUT2D eigenvalue weighted by Crippen LogP contribution is 2.54. The van der Waals surface area contributed by atoms with E-state index in [9.17, 15) is 9.90 Å². The Morgan fingerprint density at radius 3 is 2.58 bits per heavy atom. The number of amides is 1. The molecular weight excluding hydrogens is 496 g/mol. The number of aliphatic hydroxyl groups is 1. The average molecular weight is 542 g/mol. The van der Waals surface area contributed by atoms with Crippen LogP contribution in [0.25, 0.3) is 10.8 Å². The van der Waals surface area contributed by atoms with Crippen LogP contribution in [0.4, 0.5) is 0 Å². The molecule has 212 valence electrons. The molecule has 3 aromatic rings. The third kappa shape index (κ3) is 5.14. The largest absolute Gasteiger partial charge is 0.497 e. The topological polar surface area (TPSA) is 58.6 Å². The summed E-state index contributed by atoms with van der Waals surface area (Å²) in [6.45, 7) is 8.82. The van der Waals surface area contributed by atoms with Gasteiger partial charge >= 0.3 is 0 Å². The second-order valence-corrected chi connectivity index (χ2v) is 13.5. The minimum absolute atomic E-state index is 0.000947. The highest BCUT2D eigenvalue weighted by Gasteiger charge is 2.62. The van der Waals surface area contributed by atoms with Crippen molar-refractivity contribution in [1.29, 1.82) is 0 Å². The molecular formula is C35H45N2O3+. The van der Waals surface area contributed by atoms with E-state index >= 15 is 0 Å². The van der Waals surface area contributed by atoms with Crippen molar-refractivity contribution in [2.24, 2.45) is 11.8 Å². The number of nitrogens with zero attached hydrogens (tertiary/aromatic N) is 1. The van der Waals surface area contributed by atoms with Crippen molar-refractivity contribution in [2.75, 3.05) is 33.3 Å². The van der Waals surface area contributed by atoms with Gasteiger partial charge in [-0.15, -0.1) is 0 Å². The number of likely N-dealkylation sites (tertiary alicyclic amines) is 1. The molecule has 1 unspecified atom stereocenters. The molecule has 1 saturated heterocycles. The standard InChI is InChI=1S/C35H44N2O3/c1-25(2)22-37(23-26-11-12-26)18-17-34(30-9-6-10-32(20-30)40-3)21-31(15-16-35(34,39)24-37)36-33(38)29-14-13-27-7-4-5-8-28(27)19-29/h4-10,13-14,19-20,25-26,31,39H,11-12,15-18,21-24H2,1-3H3/p+1/t31-,34+,35?,37-/m0/s1. The maximum atomic E-state index is 13.5. The van der Waals surface area contributed by atoms with Gasteiger partial charge in [-0.05, 0) is 72.7 Å². The van der Waals surface area contributed by atoms with Gasteiger partial charge in [0.1, 0.15) is 17.9 Å². The summed E-state index contributed by atoms with van der Waals surface area (Å²) in [5.41, 5.74) is 0.582. The highest BCUT2D eigenvalue weighted by atomic mass is 16.5. The molecule has 0 bridgehead atoms. The van der Waals surface area contributed by atoms with Gasteiger partial charge < -0.3 is 19.6 Å². The van der Waals surface area contributed by atoms with Gasteiger partial charge in [-0.2, -0.15) is 0 Å². The summed E-state index contributed by atoms with van der Waals surface area (Å²) >= 11 is 0. The van der Waals surface area contributed by atoms with Crippen LogP contribution in [0, 0.1) is 11.8 Å². The third-order valence-corrected chi connectivity index (χ3v) is 10.1. The molecule has 6 rings (SSSR count). The molecule has 3 aromatic carbocycles. The third-order valence-electron chi connectivity index (χ3n) is 10.1. The van der Waals surface area contributed by atoms with Crippen LogP contribution in [0.3, 0.4) is 0 Å². The van der Waals surface area contributed by atoms with Crippen molar-refractivity contribution >= 4 is 16.7 Å². The number of hydrogen-bond donors (Lipinski definition) is 2. The molecule has 4 atom stereocenters. The van der Waals surface area contributed by atoms with E-state index in [-0.39, 0.29) is 11.9 Å². The van der Waals surface area contributed by atoms with Crippen molar-refractivity contribution in [3.8, 4) is 5.75 Å². The van der Waals surface area contributed by atoms with Crippen LogP contribution in [-0.2, 0) is 5.41 Å². The van der Waals surface area contributed by atoms with Gasteiger partial charge in [0.15, 0.2) is 0 Å². The van der Waals surface area contributed by atoms with Gasteiger partial charge in [0.2, 0.25) is 0 Å². The van der Waals surface area contributed by atoms with Gasteiger partial charge in [0.25, 0.3) is 5.91 Å². The molecule has 1 heterocycles. The lowest BCUT2D eigenvalue weighted by atomic mass is 9.54. The summed E-state index contributed by atoms with van der Waals surface area (Å²) in [6, 6.07) is 22.4. The minimum atomic E-state index is -0.828. The molecule has 5 heteroatoms. The fraction of sp³-hybridized carbons (Fsp3) is 0.514. The van der Waals surface area contributed by atoms with Crippen LogP contribution >= 0.6 is 0 Å². The van der Waals surface area contributed by atoms with Crippen molar-refractivity contribution in [2.45, 2.75) is 69.4 Å². The second-order valence-electron chi connectivity index (χ2n) is 13.5. The lowest BCUT2D eigenvalue weighted by Crippen LogP contribution is -2.73. The molecule has 0 aromatic heterocycles. The zero-order valence-electron chi connectivity index (χ0n) is 24.4. The average Bonchev–Trinajstić information content (AvgIpc) is 3.76. The first-order valence-corrected chi connectivity index (χ1v) is 15.2. The Kier molecular flexibility index (Phi) is 7.16. The van der Waals surface area contributed by atoms with Crippen molar-refractivity contribution in [1.82, 2.24) is 5.32 Å². The van der Waals surface area contributed by atoms with E-state index in [1.54, 1.807) is 7.11 Å². The van der Waals surface area contributed by atoms with Crippen molar-refractivity contribution in [3.05, 3.63) is 77.9 Å².